The minimum Gasteiger partial charge on any atom is -0.468 e. The van der Waals surface area contributed by atoms with Crippen molar-refractivity contribution in [2.75, 3.05) is 9.80 Å². The van der Waals surface area contributed by atoms with Gasteiger partial charge in [-0.3, -0.25) is 0 Å². The molecule has 7 aromatic carbocycles. The lowest BCUT2D eigenvalue weighted by Gasteiger charge is -2.46. The van der Waals surface area contributed by atoms with Crippen molar-refractivity contribution in [1.82, 2.24) is 0 Å². The molecule has 0 amide bonds. The Morgan fingerprint density at radius 2 is 0.959 bits per heavy atom. The van der Waals surface area contributed by atoms with Crippen LogP contribution in [0.4, 0.5) is 34.1 Å². The number of nitrogens with zero attached hydrogens (tertiary/aromatic N) is 2. The van der Waals surface area contributed by atoms with E-state index in [0.717, 1.165) is 43.3 Å². The van der Waals surface area contributed by atoms with Crippen LogP contribution in [-0.4, -0.2) is 6.71 Å². The summed E-state index contributed by atoms with van der Waals surface area (Å²) in [5.41, 5.74) is 28.4. The maximum absolute atomic E-state index is 7.73. The van der Waals surface area contributed by atoms with Gasteiger partial charge in [-0.05, 0) is 212 Å². The van der Waals surface area contributed by atoms with Gasteiger partial charge in [0.15, 0.2) is 0 Å². The molecule has 3 heterocycles. The highest BCUT2D eigenvalue weighted by Gasteiger charge is 2.49. The normalized spacial score (nSPS) is 19.7. The first-order valence-electron chi connectivity index (χ1n) is 27.9. The average molecular weight is 971 g/mol. The quantitative estimate of drug-likeness (QED) is 0.164. The Kier molecular flexibility index (Phi) is 10.0. The minimum atomic E-state index is -0.157. The zero-order valence-electron chi connectivity index (χ0n) is 46.7. The zero-order valence-corrected chi connectivity index (χ0v) is 46.7. The predicted molar refractivity (Wildman–Crippen MR) is 316 cm³/mol. The molecule has 374 valence electrons. The third-order valence-electron chi connectivity index (χ3n) is 19.6. The average Bonchev–Trinajstić information content (AvgIpc) is 3.77. The van der Waals surface area contributed by atoms with Gasteiger partial charge in [-0.25, -0.2) is 0 Å². The smallest absolute Gasteiger partial charge is 0.297 e. The number of fused-ring (bicyclic) bond motifs is 9. The van der Waals surface area contributed by atoms with E-state index >= 15 is 0 Å². The number of aryl methyl sites for hydroxylation is 2. The second-order valence-corrected chi connectivity index (χ2v) is 27.4. The Balaban J connectivity index is 1.17. The highest BCUT2D eigenvalue weighted by atomic mass is 16.3. The van der Waals surface area contributed by atoms with E-state index in [1.807, 2.05) is 0 Å². The van der Waals surface area contributed by atoms with Gasteiger partial charge in [-0.2, -0.15) is 0 Å². The summed E-state index contributed by atoms with van der Waals surface area (Å²) in [6.07, 6.45) is 6.94. The molecule has 0 atom stereocenters. The lowest BCUT2D eigenvalue weighted by molar-refractivity contribution is 0.332. The molecule has 0 saturated carbocycles. The van der Waals surface area contributed by atoms with E-state index in [1.165, 1.54) is 124 Å². The molecule has 0 unspecified atom stereocenters. The Morgan fingerprint density at radius 3 is 1.59 bits per heavy atom. The van der Waals surface area contributed by atoms with Crippen molar-refractivity contribution in [3.8, 4) is 22.3 Å². The fraction of sp³-hybridized carbons (Fsp3) is 0.371. The topological polar surface area (TPSA) is 19.6 Å². The molecule has 0 fully saturated rings. The van der Waals surface area contributed by atoms with Crippen LogP contribution in [0.1, 0.15) is 166 Å². The lowest BCUT2D eigenvalue weighted by atomic mass is 9.35. The molecule has 0 N–H and O–H groups in total. The zero-order chi connectivity index (χ0) is 51.8. The first kappa shape index (κ1) is 47.5. The maximum atomic E-state index is 7.73. The van der Waals surface area contributed by atoms with Gasteiger partial charge >= 0.3 is 0 Å². The van der Waals surface area contributed by atoms with Crippen LogP contribution in [0.25, 0.3) is 33.2 Å². The molecule has 0 spiro atoms. The SMILES string of the molecule is Cc1cc2c3c(c1)N(c1ccc4c(c1)C(C)(C)CCC4(C)C)c1c(oc4cc5c(cc14)C(C)(C)CCC5(C)C)B3c1ccc(-c3ccccc3C)cc1N2c1cc2c(cc1-c1ccccc1)C(C)(C)CCC2(C)C. The van der Waals surface area contributed by atoms with Gasteiger partial charge in [0.2, 0.25) is 0 Å². The van der Waals surface area contributed by atoms with Crippen LogP contribution in [0, 0.1) is 13.8 Å². The first-order chi connectivity index (χ1) is 35.0. The summed E-state index contributed by atoms with van der Waals surface area (Å²) in [7, 11) is 0. The van der Waals surface area contributed by atoms with Gasteiger partial charge < -0.3 is 14.2 Å². The molecule has 3 nitrogen and oxygen atoms in total. The molecular formula is C70H75BN2O. The molecule has 4 heteroatoms. The summed E-state index contributed by atoms with van der Waals surface area (Å²) < 4.78 is 7.73. The molecule has 0 bridgehead atoms. The summed E-state index contributed by atoms with van der Waals surface area (Å²) in [6.45, 7) is 33.9. The van der Waals surface area contributed by atoms with Crippen molar-refractivity contribution >= 4 is 68.4 Å². The van der Waals surface area contributed by atoms with Gasteiger partial charge in [0, 0.05) is 33.7 Å². The van der Waals surface area contributed by atoms with Crippen LogP contribution in [0.15, 0.2) is 132 Å². The molecule has 1 aromatic heterocycles. The first-order valence-corrected chi connectivity index (χ1v) is 27.9. The fourth-order valence-corrected chi connectivity index (χ4v) is 14.6. The molecule has 5 aliphatic rings. The van der Waals surface area contributed by atoms with E-state index in [0.29, 0.717) is 0 Å². The monoisotopic (exact) mass is 971 g/mol. The van der Waals surface area contributed by atoms with Crippen molar-refractivity contribution in [2.24, 2.45) is 0 Å². The Labute approximate surface area is 442 Å². The van der Waals surface area contributed by atoms with E-state index in [1.54, 1.807) is 0 Å². The molecule has 74 heavy (non-hydrogen) atoms. The van der Waals surface area contributed by atoms with Crippen molar-refractivity contribution in [1.29, 1.82) is 0 Å². The summed E-state index contributed by atoms with van der Waals surface area (Å²) in [6, 6.07) is 50.2. The summed E-state index contributed by atoms with van der Waals surface area (Å²) in [4.78, 5) is 5.34. The number of hydrogen-bond acceptors (Lipinski definition) is 3. The van der Waals surface area contributed by atoms with Crippen molar-refractivity contribution < 1.29 is 4.42 Å². The Bertz CT molecular complexity index is 3670. The standard InChI is InChI=1S/C70H75BN2O/c1-42-34-59-62-60(35-42)73(57-40-54-52(67(7,8)30-32-69(54,11)12)38-48(57)44-21-16-15-17-22-44)58-36-45(47-23-19-18-20-43(47)2)24-27-56(58)71(62)64-63(49-39-53-55(41-61(49)74-64)70(13,14)33-31-68(53,9)10)72(59)46-25-26-50-51(37-46)66(5,6)29-28-65(50,3)4/h15-27,34-41H,28-33H2,1-14H3. The molecular weight excluding hydrogens is 896 g/mol. The maximum Gasteiger partial charge on any atom is 0.297 e. The molecule has 8 aromatic rings. The third kappa shape index (κ3) is 6.91. The lowest BCUT2D eigenvalue weighted by Crippen LogP contribution is -2.61. The third-order valence-corrected chi connectivity index (χ3v) is 19.6. The number of anilines is 6. The van der Waals surface area contributed by atoms with Gasteiger partial charge in [0.05, 0.1) is 17.0 Å². The van der Waals surface area contributed by atoms with E-state index in [4.69, 9.17) is 4.42 Å². The van der Waals surface area contributed by atoms with Crippen LogP contribution >= 0.6 is 0 Å². The van der Waals surface area contributed by atoms with Gasteiger partial charge in [0.1, 0.15) is 5.58 Å². The molecule has 13 rings (SSSR count). The molecule has 0 saturated heterocycles. The number of rotatable bonds is 4. The minimum absolute atomic E-state index is 0.00205. The highest BCUT2D eigenvalue weighted by molar-refractivity contribution is 7.00. The Hall–Kier alpha value is -6.26. The summed E-state index contributed by atoms with van der Waals surface area (Å²) in [5.74, 6) is 0. The summed E-state index contributed by atoms with van der Waals surface area (Å²) >= 11 is 0. The largest absolute Gasteiger partial charge is 0.468 e. The fourth-order valence-electron chi connectivity index (χ4n) is 14.6. The molecule has 0 radical (unpaired) electrons. The second-order valence-electron chi connectivity index (χ2n) is 27.4. The molecule has 3 aliphatic carbocycles. The van der Waals surface area contributed by atoms with Gasteiger partial charge in [-0.15, -0.1) is 0 Å². The molecule has 2 aliphatic heterocycles. The number of furan rings is 1. The van der Waals surface area contributed by atoms with Crippen LogP contribution in [0.5, 0.6) is 0 Å². The number of hydrogen-bond donors (Lipinski definition) is 0. The van der Waals surface area contributed by atoms with E-state index in [-0.39, 0.29) is 39.2 Å². The van der Waals surface area contributed by atoms with E-state index in [2.05, 4.69) is 234 Å². The van der Waals surface area contributed by atoms with Crippen LogP contribution in [-0.2, 0) is 32.5 Å². The van der Waals surface area contributed by atoms with Gasteiger partial charge in [0.25, 0.3) is 6.71 Å². The van der Waals surface area contributed by atoms with Gasteiger partial charge in [-0.1, -0.05) is 156 Å². The number of benzene rings is 7. The Morgan fingerprint density at radius 1 is 0.419 bits per heavy atom. The van der Waals surface area contributed by atoms with E-state index < -0.39 is 0 Å². The van der Waals surface area contributed by atoms with Crippen LogP contribution in [0.2, 0.25) is 0 Å². The predicted octanol–water partition coefficient (Wildman–Crippen LogP) is 17.5. The summed E-state index contributed by atoms with van der Waals surface area (Å²) in [5, 5.41) is 1.21. The van der Waals surface area contributed by atoms with Crippen LogP contribution in [0.3, 0.4) is 0 Å². The van der Waals surface area contributed by atoms with Crippen molar-refractivity contribution in [3.63, 3.8) is 0 Å². The van der Waals surface area contributed by atoms with Crippen LogP contribution < -0.4 is 26.4 Å². The van der Waals surface area contributed by atoms with Crippen molar-refractivity contribution in [3.05, 3.63) is 172 Å². The highest BCUT2D eigenvalue weighted by Crippen LogP contribution is 2.56. The second kappa shape index (κ2) is 15.7. The van der Waals surface area contributed by atoms with E-state index in [9.17, 15) is 0 Å². The van der Waals surface area contributed by atoms with Crippen molar-refractivity contribution in [2.45, 2.75) is 168 Å².